The van der Waals surface area contributed by atoms with E-state index in [0.29, 0.717) is 28.2 Å². The largest absolute Gasteiger partial charge is 0.496 e. The zero-order valence-electron chi connectivity index (χ0n) is 16.9. The van der Waals surface area contributed by atoms with Gasteiger partial charge in [-0.15, -0.1) is 0 Å². The number of fused-ring (bicyclic) bond motifs is 1. The number of aromatic amines is 2. The molecule has 0 radical (unpaired) electrons. The lowest BCUT2D eigenvalue weighted by molar-refractivity contribution is 0.102. The summed E-state index contributed by atoms with van der Waals surface area (Å²) in [4.78, 5) is 33.8. The fourth-order valence-electron chi connectivity index (χ4n) is 3.29. The maximum absolute atomic E-state index is 12.6. The molecule has 0 fully saturated rings. The molecule has 0 aliphatic rings. The van der Waals surface area contributed by atoms with Crippen molar-refractivity contribution in [3.05, 3.63) is 76.3 Å². The summed E-state index contributed by atoms with van der Waals surface area (Å²) in [6.45, 7) is 4.26. The van der Waals surface area contributed by atoms with Crippen molar-refractivity contribution in [1.82, 2.24) is 15.0 Å². The molecule has 7 nitrogen and oxygen atoms in total. The SMILES string of the molecule is COc1ccc(C(C)C)cc1-c1ccc(C(=O)Nc2ccc3[nH]c(=O)[nH]c3c2)cn1. The molecular formula is C23H22N4O3. The lowest BCUT2D eigenvalue weighted by Gasteiger charge is -2.13. The van der Waals surface area contributed by atoms with Crippen LogP contribution in [0.5, 0.6) is 5.75 Å². The van der Waals surface area contributed by atoms with E-state index in [1.807, 2.05) is 18.2 Å². The van der Waals surface area contributed by atoms with E-state index in [2.05, 4.69) is 40.2 Å². The molecule has 0 aliphatic heterocycles. The van der Waals surface area contributed by atoms with E-state index in [1.54, 1.807) is 37.6 Å². The number of ether oxygens (including phenoxy) is 1. The van der Waals surface area contributed by atoms with Gasteiger partial charge in [0.25, 0.3) is 5.91 Å². The van der Waals surface area contributed by atoms with Gasteiger partial charge < -0.3 is 20.0 Å². The predicted octanol–water partition coefficient (Wildman–Crippen LogP) is 4.30. The Morgan fingerprint density at radius 3 is 2.53 bits per heavy atom. The molecule has 152 valence electrons. The Labute approximate surface area is 173 Å². The molecule has 4 rings (SSSR count). The Hall–Kier alpha value is -3.87. The van der Waals surface area contributed by atoms with Gasteiger partial charge >= 0.3 is 5.69 Å². The average molecular weight is 402 g/mol. The minimum Gasteiger partial charge on any atom is -0.496 e. The quantitative estimate of drug-likeness (QED) is 0.463. The van der Waals surface area contributed by atoms with Crippen LogP contribution in [0.15, 0.2) is 59.5 Å². The monoisotopic (exact) mass is 402 g/mol. The van der Waals surface area contributed by atoms with Crippen molar-refractivity contribution >= 4 is 22.6 Å². The minimum absolute atomic E-state index is 0.283. The highest BCUT2D eigenvalue weighted by Crippen LogP contribution is 2.32. The van der Waals surface area contributed by atoms with Crippen LogP contribution in [0, 0.1) is 0 Å². The molecular weight excluding hydrogens is 380 g/mol. The highest BCUT2D eigenvalue weighted by molar-refractivity contribution is 6.04. The van der Waals surface area contributed by atoms with Crippen molar-refractivity contribution < 1.29 is 9.53 Å². The van der Waals surface area contributed by atoms with E-state index in [1.165, 1.54) is 5.56 Å². The third kappa shape index (κ3) is 3.82. The van der Waals surface area contributed by atoms with Gasteiger partial charge in [-0.1, -0.05) is 19.9 Å². The summed E-state index contributed by atoms with van der Waals surface area (Å²) in [5.41, 5.74) is 4.84. The number of pyridine rings is 1. The molecule has 0 spiro atoms. The minimum atomic E-state index is -0.287. The normalized spacial score (nSPS) is 11.1. The number of nitrogens with zero attached hydrogens (tertiary/aromatic N) is 1. The van der Waals surface area contributed by atoms with E-state index < -0.39 is 0 Å². The van der Waals surface area contributed by atoms with Gasteiger partial charge in [-0.25, -0.2) is 4.79 Å². The molecule has 2 aromatic carbocycles. The standard InChI is InChI=1S/C23H22N4O3/c1-13(2)14-5-9-21(30-3)17(10-14)18-7-4-15(12-24-18)22(28)25-16-6-8-19-20(11-16)27-23(29)26-19/h4-13H,1-3H3,(H,25,28)(H2,26,27,29). The number of benzene rings is 2. The number of aromatic nitrogens is 3. The second-order valence-electron chi connectivity index (χ2n) is 7.34. The number of anilines is 1. The molecule has 0 bridgehead atoms. The smallest absolute Gasteiger partial charge is 0.323 e. The Bertz CT molecular complexity index is 1270. The highest BCUT2D eigenvalue weighted by atomic mass is 16.5. The summed E-state index contributed by atoms with van der Waals surface area (Å²) >= 11 is 0. The molecule has 7 heteroatoms. The zero-order valence-corrected chi connectivity index (χ0v) is 16.9. The summed E-state index contributed by atoms with van der Waals surface area (Å²) in [5, 5.41) is 2.83. The van der Waals surface area contributed by atoms with Crippen LogP contribution >= 0.6 is 0 Å². The number of rotatable bonds is 5. The van der Waals surface area contributed by atoms with Gasteiger partial charge in [0.05, 0.1) is 29.4 Å². The van der Waals surface area contributed by atoms with Crippen molar-refractivity contribution in [3.8, 4) is 17.0 Å². The van der Waals surface area contributed by atoms with Gasteiger partial charge in [-0.2, -0.15) is 0 Å². The molecule has 0 atom stereocenters. The lowest BCUT2D eigenvalue weighted by atomic mass is 9.98. The first-order valence-corrected chi connectivity index (χ1v) is 9.62. The fraction of sp³-hybridized carbons (Fsp3) is 0.174. The first-order valence-electron chi connectivity index (χ1n) is 9.62. The summed E-state index contributed by atoms with van der Waals surface area (Å²) in [6, 6.07) is 14.8. The molecule has 2 heterocycles. The Morgan fingerprint density at radius 2 is 1.83 bits per heavy atom. The molecule has 0 unspecified atom stereocenters. The molecule has 2 aromatic heterocycles. The van der Waals surface area contributed by atoms with Gasteiger partial charge in [0, 0.05) is 17.4 Å². The number of hydrogen-bond donors (Lipinski definition) is 3. The van der Waals surface area contributed by atoms with Gasteiger partial charge in [-0.05, 0) is 53.9 Å². The van der Waals surface area contributed by atoms with Gasteiger partial charge in [0.1, 0.15) is 5.75 Å². The van der Waals surface area contributed by atoms with Crippen LogP contribution in [-0.2, 0) is 0 Å². The van der Waals surface area contributed by atoms with Crippen LogP contribution < -0.4 is 15.7 Å². The number of H-pyrrole nitrogens is 2. The molecule has 1 amide bonds. The molecule has 0 saturated heterocycles. The fourth-order valence-corrected chi connectivity index (χ4v) is 3.29. The zero-order chi connectivity index (χ0) is 21.3. The van der Waals surface area contributed by atoms with Crippen LogP contribution in [0.4, 0.5) is 5.69 Å². The lowest BCUT2D eigenvalue weighted by Crippen LogP contribution is -2.12. The van der Waals surface area contributed by atoms with Crippen molar-refractivity contribution in [2.45, 2.75) is 19.8 Å². The topological polar surface area (TPSA) is 99.9 Å². The number of carbonyl (C=O) groups is 1. The van der Waals surface area contributed by atoms with Crippen molar-refractivity contribution in [2.75, 3.05) is 12.4 Å². The molecule has 0 aliphatic carbocycles. The highest BCUT2D eigenvalue weighted by Gasteiger charge is 2.13. The van der Waals surface area contributed by atoms with Crippen LogP contribution in [-0.4, -0.2) is 28.0 Å². The van der Waals surface area contributed by atoms with E-state index in [4.69, 9.17) is 4.74 Å². The van der Waals surface area contributed by atoms with Gasteiger partial charge in [-0.3, -0.25) is 9.78 Å². The molecule has 30 heavy (non-hydrogen) atoms. The van der Waals surface area contributed by atoms with Crippen LogP contribution in [0.25, 0.3) is 22.3 Å². The Morgan fingerprint density at radius 1 is 1.03 bits per heavy atom. The first kappa shape index (κ1) is 19.4. The van der Waals surface area contributed by atoms with E-state index >= 15 is 0 Å². The number of imidazole rings is 1. The van der Waals surface area contributed by atoms with Gasteiger partial charge in [0.15, 0.2) is 0 Å². The van der Waals surface area contributed by atoms with Crippen LogP contribution in [0.3, 0.4) is 0 Å². The van der Waals surface area contributed by atoms with Crippen molar-refractivity contribution in [3.63, 3.8) is 0 Å². The second kappa shape index (κ2) is 7.87. The first-order chi connectivity index (χ1) is 14.4. The van der Waals surface area contributed by atoms with Crippen LogP contribution in [0.2, 0.25) is 0 Å². The Balaban J connectivity index is 1.57. The summed E-state index contributed by atoms with van der Waals surface area (Å²) in [5.74, 6) is 0.832. The maximum Gasteiger partial charge on any atom is 0.323 e. The summed E-state index contributed by atoms with van der Waals surface area (Å²) in [6.07, 6.45) is 1.54. The number of carbonyl (C=O) groups excluding carboxylic acids is 1. The van der Waals surface area contributed by atoms with Crippen molar-refractivity contribution in [2.24, 2.45) is 0 Å². The predicted molar refractivity (Wildman–Crippen MR) is 117 cm³/mol. The third-order valence-corrected chi connectivity index (χ3v) is 4.97. The van der Waals surface area contributed by atoms with Crippen molar-refractivity contribution in [1.29, 1.82) is 0 Å². The third-order valence-electron chi connectivity index (χ3n) is 4.97. The van der Waals surface area contributed by atoms with E-state index in [-0.39, 0.29) is 11.6 Å². The Kier molecular flexibility index (Phi) is 5.10. The molecule has 3 N–H and O–H groups in total. The second-order valence-corrected chi connectivity index (χ2v) is 7.34. The molecule has 4 aromatic rings. The average Bonchev–Trinajstić information content (AvgIpc) is 3.12. The number of methoxy groups -OCH3 is 1. The summed E-state index contributed by atoms with van der Waals surface area (Å²) in [7, 11) is 1.63. The van der Waals surface area contributed by atoms with Gasteiger partial charge in [0.2, 0.25) is 0 Å². The maximum atomic E-state index is 12.6. The number of amides is 1. The van der Waals surface area contributed by atoms with E-state index in [0.717, 1.165) is 17.0 Å². The van der Waals surface area contributed by atoms with Crippen LogP contribution in [0.1, 0.15) is 35.7 Å². The molecule has 0 saturated carbocycles. The number of nitrogens with one attached hydrogen (secondary N) is 3. The number of hydrogen-bond acceptors (Lipinski definition) is 4. The van der Waals surface area contributed by atoms with E-state index in [9.17, 15) is 9.59 Å². The summed E-state index contributed by atoms with van der Waals surface area (Å²) < 4.78 is 5.48.